The summed E-state index contributed by atoms with van der Waals surface area (Å²) in [5.41, 5.74) is 7.60. The summed E-state index contributed by atoms with van der Waals surface area (Å²) in [5.74, 6) is 1.48. The predicted molar refractivity (Wildman–Crippen MR) is 108 cm³/mol. The molecule has 0 fully saturated rings. The average molecular weight is 362 g/mol. The first-order chi connectivity index (χ1) is 13.2. The van der Waals surface area contributed by atoms with Crippen LogP contribution < -0.4 is 21.1 Å². The number of pyridine rings is 1. The van der Waals surface area contributed by atoms with E-state index in [-0.39, 0.29) is 18.1 Å². The van der Waals surface area contributed by atoms with Crippen LogP contribution in [-0.4, -0.2) is 17.5 Å². The summed E-state index contributed by atoms with van der Waals surface area (Å²) in [6, 6.07) is 22.9. The normalized spacial score (nSPS) is 10.2. The first kappa shape index (κ1) is 18.3. The molecule has 27 heavy (non-hydrogen) atoms. The lowest BCUT2D eigenvalue weighted by Gasteiger charge is -2.11. The van der Waals surface area contributed by atoms with Crippen molar-refractivity contribution in [1.82, 2.24) is 4.98 Å². The Morgan fingerprint density at radius 2 is 1.67 bits per heavy atom. The zero-order chi connectivity index (χ0) is 18.9. The number of rotatable bonds is 8. The van der Waals surface area contributed by atoms with Crippen LogP contribution in [0.5, 0.6) is 5.75 Å². The summed E-state index contributed by atoms with van der Waals surface area (Å²) in [7, 11) is 0. The number of ether oxygens (including phenoxy) is 1. The number of hydrogen-bond acceptors (Lipinski definition) is 5. The highest BCUT2D eigenvalue weighted by molar-refractivity contribution is 5.93. The summed E-state index contributed by atoms with van der Waals surface area (Å²) in [6.45, 7) is 0.940. The van der Waals surface area contributed by atoms with Crippen LogP contribution in [0.1, 0.15) is 12.0 Å². The second-order valence-electron chi connectivity index (χ2n) is 5.93. The molecule has 0 saturated heterocycles. The molecule has 3 aromatic rings. The molecule has 0 saturated carbocycles. The third kappa shape index (κ3) is 5.74. The van der Waals surface area contributed by atoms with Gasteiger partial charge in [-0.3, -0.25) is 4.79 Å². The lowest BCUT2D eigenvalue weighted by atomic mass is 10.2. The quantitative estimate of drug-likeness (QED) is 0.569. The van der Waals surface area contributed by atoms with Crippen molar-refractivity contribution in [2.45, 2.75) is 13.0 Å². The molecule has 0 spiro atoms. The number of aromatic nitrogens is 1. The molecule has 3 rings (SSSR count). The Hall–Kier alpha value is -3.54. The van der Waals surface area contributed by atoms with Crippen LogP contribution >= 0.6 is 0 Å². The molecule has 138 valence electrons. The van der Waals surface area contributed by atoms with E-state index in [9.17, 15) is 4.79 Å². The van der Waals surface area contributed by atoms with E-state index in [4.69, 9.17) is 10.5 Å². The predicted octanol–water partition coefficient (Wildman–Crippen LogP) is 3.68. The molecular weight excluding hydrogens is 340 g/mol. The van der Waals surface area contributed by atoms with Crippen molar-refractivity contribution in [2.24, 2.45) is 0 Å². The zero-order valence-electron chi connectivity index (χ0n) is 14.9. The van der Waals surface area contributed by atoms with Crippen molar-refractivity contribution < 1.29 is 9.53 Å². The Labute approximate surface area is 158 Å². The van der Waals surface area contributed by atoms with Gasteiger partial charge >= 0.3 is 0 Å². The minimum Gasteiger partial charge on any atom is -0.493 e. The number of nitrogens with zero attached hydrogens (tertiary/aromatic N) is 1. The number of carbonyl (C=O) groups is 1. The molecule has 6 nitrogen and oxygen atoms in total. The first-order valence-corrected chi connectivity index (χ1v) is 8.73. The second kappa shape index (κ2) is 9.24. The number of anilines is 3. The van der Waals surface area contributed by atoms with Gasteiger partial charge in [0.05, 0.1) is 18.7 Å². The number of nitrogens with one attached hydrogen (secondary N) is 2. The van der Waals surface area contributed by atoms with Gasteiger partial charge in [0.2, 0.25) is 5.91 Å². The van der Waals surface area contributed by atoms with E-state index in [0.29, 0.717) is 24.7 Å². The summed E-state index contributed by atoms with van der Waals surface area (Å²) in [4.78, 5) is 16.4. The van der Waals surface area contributed by atoms with Gasteiger partial charge in [-0.25, -0.2) is 4.98 Å². The Morgan fingerprint density at radius 1 is 0.963 bits per heavy atom. The van der Waals surface area contributed by atoms with Crippen molar-refractivity contribution in [1.29, 1.82) is 0 Å². The van der Waals surface area contributed by atoms with Crippen molar-refractivity contribution >= 4 is 23.2 Å². The fourth-order valence-electron chi connectivity index (χ4n) is 2.46. The molecule has 1 amide bonds. The molecule has 0 aliphatic rings. The van der Waals surface area contributed by atoms with E-state index in [2.05, 4.69) is 15.6 Å². The van der Waals surface area contributed by atoms with Crippen LogP contribution in [0.3, 0.4) is 0 Å². The SMILES string of the molecule is Nc1nc(NCc2ccccc2)ccc1NC(=O)CCOc1ccccc1. The number of amides is 1. The summed E-state index contributed by atoms with van der Waals surface area (Å²) in [5, 5.41) is 5.97. The maximum absolute atomic E-state index is 12.1. The molecular formula is C21H22N4O2. The van der Waals surface area contributed by atoms with Gasteiger partial charge in [0.1, 0.15) is 17.4 Å². The molecule has 6 heteroatoms. The lowest BCUT2D eigenvalue weighted by molar-refractivity contribution is -0.116. The van der Waals surface area contributed by atoms with Gasteiger partial charge in [0.15, 0.2) is 0 Å². The fraction of sp³-hybridized carbons (Fsp3) is 0.143. The van der Waals surface area contributed by atoms with Crippen LogP contribution in [-0.2, 0) is 11.3 Å². The van der Waals surface area contributed by atoms with Crippen molar-refractivity contribution in [3.05, 3.63) is 78.4 Å². The molecule has 4 N–H and O–H groups in total. The standard InChI is InChI=1S/C21H22N4O2/c22-21-18(24-20(26)13-14-27-17-9-5-2-6-10-17)11-12-19(25-21)23-15-16-7-3-1-4-8-16/h1-12H,13-15H2,(H,24,26)(H3,22,23,25). The summed E-state index contributed by atoms with van der Waals surface area (Å²) < 4.78 is 5.52. The Kier molecular flexibility index (Phi) is 6.25. The maximum Gasteiger partial charge on any atom is 0.227 e. The van der Waals surface area contributed by atoms with Crippen LogP contribution in [0.2, 0.25) is 0 Å². The summed E-state index contributed by atoms with van der Waals surface area (Å²) in [6.07, 6.45) is 0.225. The van der Waals surface area contributed by atoms with E-state index in [1.807, 2.05) is 60.7 Å². The number of nitrogen functional groups attached to an aromatic ring is 1. The third-order valence-electron chi connectivity index (χ3n) is 3.86. The highest BCUT2D eigenvalue weighted by atomic mass is 16.5. The van der Waals surface area contributed by atoms with E-state index in [1.54, 1.807) is 12.1 Å². The Bertz CT molecular complexity index is 870. The first-order valence-electron chi connectivity index (χ1n) is 8.73. The molecule has 0 bridgehead atoms. The van der Waals surface area contributed by atoms with Gasteiger partial charge in [0, 0.05) is 6.54 Å². The third-order valence-corrected chi connectivity index (χ3v) is 3.86. The van der Waals surface area contributed by atoms with E-state index >= 15 is 0 Å². The van der Waals surface area contributed by atoms with E-state index in [0.717, 1.165) is 11.3 Å². The average Bonchev–Trinajstić information content (AvgIpc) is 2.70. The van der Waals surface area contributed by atoms with Crippen molar-refractivity contribution in [2.75, 3.05) is 23.0 Å². The molecule has 0 aliphatic heterocycles. The van der Waals surface area contributed by atoms with E-state index in [1.165, 1.54) is 0 Å². The monoisotopic (exact) mass is 362 g/mol. The molecule has 1 heterocycles. The molecule has 1 aromatic heterocycles. The largest absolute Gasteiger partial charge is 0.493 e. The van der Waals surface area contributed by atoms with Crippen molar-refractivity contribution in [3.8, 4) is 5.75 Å². The maximum atomic E-state index is 12.1. The minimum absolute atomic E-state index is 0.176. The summed E-state index contributed by atoms with van der Waals surface area (Å²) >= 11 is 0. The van der Waals surface area contributed by atoms with Gasteiger partial charge in [-0.05, 0) is 29.8 Å². The number of nitrogens with two attached hydrogens (primary N) is 1. The number of para-hydroxylation sites is 1. The van der Waals surface area contributed by atoms with Crippen LogP contribution in [0.15, 0.2) is 72.8 Å². The number of carbonyl (C=O) groups excluding carboxylic acids is 1. The van der Waals surface area contributed by atoms with Gasteiger partial charge in [0.25, 0.3) is 0 Å². The van der Waals surface area contributed by atoms with Gasteiger partial charge in [-0.1, -0.05) is 48.5 Å². The smallest absolute Gasteiger partial charge is 0.227 e. The Morgan fingerprint density at radius 3 is 2.37 bits per heavy atom. The topological polar surface area (TPSA) is 89.3 Å². The molecule has 2 aromatic carbocycles. The highest BCUT2D eigenvalue weighted by Gasteiger charge is 2.08. The molecule has 0 unspecified atom stereocenters. The van der Waals surface area contributed by atoms with E-state index < -0.39 is 0 Å². The number of hydrogen-bond donors (Lipinski definition) is 3. The van der Waals surface area contributed by atoms with Crippen LogP contribution in [0, 0.1) is 0 Å². The zero-order valence-corrected chi connectivity index (χ0v) is 14.9. The van der Waals surface area contributed by atoms with Crippen molar-refractivity contribution in [3.63, 3.8) is 0 Å². The second-order valence-corrected chi connectivity index (χ2v) is 5.93. The van der Waals surface area contributed by atoms with Gasteiger partial charge in [-0.2, -0.15) is 0 Å². The molecule has 0 aliphatic carbocycles. The lowest BCUT2D eigenvalue weighted by Crippen LogP contribution is -2.16. The Balaban J connectivity index is 1.47. The highest BCUT2D eigenvalue weighted by Crippen LogP contribution is 2.19. The molecule has 0 radical (unpaired) electrons. The van der Waals surface area contributed by atoms with Crippen LogP contribution in [0.4, 0.5) is 17.3 Å². The van der Waals surface area contributed by atoms with Gasteiger partial charge < -0.3 is 21.1 Å². The fourth-order valence-corrected chi connectivity index (χ4v) is 2.46. The number of benzene rings is 2. The van der Waals surface area contributed by atoms with Gasteiger partial charge in [-0.15, -0.1) is 0 Å². The molecule has 0 atom stereocenters. The minimum atomic E-state index is -0.176. The van der Waals surface area contributed by atoms with Crippen LogP contribution in [0.25, 0.3) is 0 Å².